The van der Waals surface area contributed by atoms with Crippen molar-refractivity contribution >= 4 is 11.0 Å². The molecule has 0 radical (unpaired) electrons. The molecule has 2 aromatic rings. The molecule has 0 saturated heterocycles. The molecule has 1 N–H and O–H groups in total. The van der Waals surface area contributed by atoms with Gasteiger partial charge in [0.1, 0.15) is 5.65 Å². The minimum absolute atomic E-state index is 0.673. The number of nitrogens with one attached hydrogen (secondary N) is 1. The van der Waals surface area contributed by atoms with Crippen molar-refractivity contribution in [2.75, 3.05) is 14.1 Å². The number of hydrogen-bond acceptors (Lipinski definition) is 2. The number of hydrogen-bond donors (Lipinski definition) is 1. The van der Waals surface area contributed by atoms with E-state index in [9.17, 15) is 0 Å². The van der Waals surface area contributed by atoms with E-state index >= 15 is 0 Å². The zero-order valence-electron chi connectivity index (χ0n) is 9.83. The summed E-state index contributed by atoms with van der Waals surface area (Å²) >= 11 is 0. The summed E-state index contributed by atoms with van der Waals surface area (Å²) in [6, 6.07) is 4.87. The van der Waals surface area contributed by atoms with E-state index in [1.54, 1.807) is 0 Å². The number of nitrogens with zero attached hydrogens (tertiary/aromatic N) is 2. The number of H-pyrrole nitrogens is 1. The molecule has 0 fully saturated rings. The van der Waals surface area contributed by atoms with Crippen LogP contribution >= 0.6 is 0 Å². The normalized spacial score (nSPS) is 20.3. The third-order valence-corrected chi connectivity index (χ3v) is 3.66. The van der Waals surface area contributed by atoms with Crippen molar-refractivity contribution in [3.05, 3.63) is 29.6 Å². The zero-order valence-corrected chi connectivity index (χ0v) is 9.83. The number of likely N-dealkylation sites (N-methyl/N-ethyl adjacent to an activating group) is 1. The molecule has 0 saturated carbocycles. The van der Waals surface area contributed by atoms with Crippen molar-refractivity contribution in [1.82, 2.24) is 14.9 Å². The average Bonchev–Trinajstić information content (AvgIpc) is 2.66. The Labute approximate surface area is 95.5 Å². The lowest BCUT2D eigenvalue weighted by Crippen LogP contribution is -2.33. The van der Waals surface area contributed by atoms with Crippen LogP contribution in [-0.4, -0.2) is 35.0 Å². The van der Waals surface area contributed by atoms with Crippen molar-refractivity contribution in [3.8, 4) is 0 Å². The topological polar surface area (TPSA) is 31.9 Å². The van der Waals surface area contributed by atoms with Gasteiger partial charge in [-0.2, -0.15) is 0 Å². The van der Waals surface area contributed by atoms with Crippen LogP contribution in [0.25, 0.3) is 11.0 Å². The molecule has 1 unspecified atom stereocenters. The van der Waals surface area contributed by atoms with E-state index < -0.39 is 0 Å². The van der Waals surface area contributed by atoms with Gasteiger partial charge < -0.3 is 9.88 Å². The Morgan fingerprint density at radius 2 is 2.31 bits per heavy atom. The van der Waals surface area contributed by atoms with Crippen LogP contribution in [0, 0.1) is 0 Å². The van der Waals surface area contributed by atoms with Gasteiger partial charge in [-0.05, 0) is 51.1 Å². The predicted octanol–water partition coefficient (Wildman–Crippen LogP) is 1.98. The largest absolute Gasteiger partial charge is 0.343 e. The molecular weight excluding hydrogens is 198 g/mol. The molecule has 0 spiro atoms. The molecule has 16 heavy (non-hydrogen) atoms. The summed E-state index contributed by atoms with van der Waals surface area (Å²) in [7, 11) is 4.34. The first kappa shape index (κ1) is 9.85. The van der Waals surface area contributed by atoms with Crippen LogP contribution in [0.1, 0.15) is 17.7 Å². The average molecular weight is 215 g/mol. The first-order valence-electron chi connectivity index (χ1n) is 5.86. The maximum absolute atomic E-state index is 4.39. The van der Waals surface area contributed by atoms with E-state index in [1.807, 2.05) is 12.3 Å². The highest BCUT2D eigenvalue weighted by Gasteiger charge is 2.23. The summed E-state index contributed by atoms with van der Waals surface area (Å²) in [5.41, 5.74) is 3.92. The predicted molar refractivity (Wildman–Crippen MR) is 65.6 cm³/mol. The number of pyridine rings is 1. The fourth-order valence-corrected chi connectivity index (χ4v) is 2.67. The van der Waals surface area contributed by atoms with Crippen molar-refractivity contribution in [2.45, 2.75) is 25.3 Å². The number of aromatic amines is 1. The summed E-state index contributed by atoms with van der Waals surface area (Å²) in [5, 5.41) is 1.31. The SMILES string of the molecule is CN(C)C1CCc2[nH]c3ncccc3c2C1. The zero-order chi connectivity index (χ0) is 11.1. The number of aryl methyl sites for hydroxylation is 1. The Morgan fingerprint density at radius 1 is 1.44 bits per heavy atom. The van der Waals surface area contributed by atoms with Crippen molar-refractivity contribution < 1.29 is 0 Å². The van der Waals surface area contributed by atoms with E-state index in [2.05, 4.69) is 35.0 Å². The van der Waals surface area contributed by atoms with E-state index in [0.29, 0.717) is 6.04 Å². The third kappa shape index (κ3) is 1.43. The van der Waals surface area contributed by atoms with Gasteiger partial charge in [0.2, 0.25) is 0 Å². The maximum Gasteiger partial charge on any atom is 0.137 e. The summed E-state index contributed by atoms with van der Waals surface area (Å²) in [4.78, 5) is 10.2. The van der Waals surface area contributed by atoms with Crippen LogP contribution in [0.3, 0.4) is 0 Å². The molecular formula is C13H17N3. The van der Waals surface area contributed by atoms with Crippen LogP contribution in [0.4, 0.5) is 0 Å². The maximum atomic E-state index is 4.39. The van der Waals surface area contributed by atoms with E-state index in [0.717, 1.165) is 18.5 Å². The second kappa shape index (κ2) is 3.59. The molecule has 3 nitrogen and oxygen atoms in total. The van der Waals surface area contributed by atoms with Gasteiger partial charge in [0.05, 0.1) is 0 Å². The summed E-state index contributed by atoms with van der Waals surface area (Å²) in [6.07, 6.45) is 5.39. The molecule has 0 aliphatic heterocycles. The molecule has 0 aromatic carbocycles. The molecule has 84 valence electrons. The third-order valence-electron chi connectivity index (χ3n) is 3.66. The lowest BCUT2D eigenvalue weighted by Gasteiger charge is -2.28. The lowest BCUT2D eigenvalue weighted by atomic mass is 9.91. The van der Waals surface area contributed by atoms with E-state index in [-0.39, 0.29) is 0 Å². The van der Waals surface area contributed by atoms with Crippen LogP contribution < -0.4 is 0 Å². The monoisotopic (exact) mass is 215 g/mol. The van der Waals surface area contributed by atoms with Gasteiger partial charge in [0.15, 0.2) is 0 Å². The Hall–Kier alpha value is -1.35. The standard InChI is InChI=1S/C13H17N3/c1-16(2)9-5-6-12-11(8-9)10-4-3-7-14-13(10)15-12/h3-4,7,9H,5-6,8H2,1-2H3,(H,14,15). The van der Waals surface area contributed by atoms with Crippen LogP contribution in [-0.2, 0) is 12.8 Å². The van der Waals surface area contributed by atoms with E-state index in [4.69, 9.17) is 0 Å². The van der Waals surface area contributed by atoms with Gasteiger partial charge in [-0.3, -0.25) is 0 Å². The molecule has 2 heterocycles. The van der Waals surface area contributed by atoms with Crippen LogP contribution in [0.15, 0.2) is 18.3 Å². The minimum Gasteiger partial charge on any atom is -0.343 e. The van der Waals surface area contributed by atoms with Crippen LogP contribution in [0.2, 0.25) is 0 Å². The summed E-state index contributed by atoms with van der Waals surface area (Å²) < 4.78 is 0. The molecule has 1 aliphatic rings. The highest BCUT2D eigenvalue weighted by atomic mass is 15.1. The molecule has 1 aliphatic carbocycles. The molecule has 0 bridgehead atoms. The molecule has 3 rings (SSSR count). The number of rotatable bonds is 1. The van der Waals surface area contributed by atoms with Gasteiger partial charge in [0.25, 0.3) is 0 Å². The number of aromatic nitrogens is 2. The number of fused-ring (bicyclic) bond motifs is 3. The Bertz CT molecular complexity index is 513. The molecule has 1 atom stereocenters. The van der Waals surface area contributed by atoms with E-state index in [1.165, 1.54) is 23.1 Å². The fraction of sp³-hybridized carbons (Fsp3) is 0.462. The smallest absolute Gasteiger partial charge is 0.137 e. The second-order valence-corrected chi connectivity index (χ2v) is 4.84. The highest BCUT2D eigenvalue weighted by Crippen LogP contribution is 2.29. The van der Waals surface area contributed by atoms with Gasteiger partial charge in [-0.25, -0.2) is 4.98 Å². The summed E-state index contributed by atoms with van der Waals surface area (Å²) in [6.45, 7) is 0. The summed E-state index contributed by atoms with van der Waals surface area (Å²) in [5.74, 6) is 0. The first-order valence-corrected chi connectivity index (χ1v) is 5.86. The Balaban J connectivity index is 2.08. The van der Waals surface area contributed by atoms with Crippen molar-refractivity contribution in [2.24, 2.45) is 0 Å². The van der Waals surface area contributed by atoms with Gasteiger partial charge in [0, 0.05) is 23.3 Å². The van der Waals surface area contributed by atoms with Crippen LogP contribution in [0.5, 0.6) is 0 Å². The minimum atomic E-state index is 0.673. The molecule has 2 aromatic heterocycles. The Kier molecular flexibility index (Phi) is 2.21. The Morgan fingerprint density at radius 3 is 3.12 bits per heavy atom. The van der Waals surface area contributed by atoms with Crippen molar-refractivity contribution in [1.29, 1.82) is 0 Å². The quantitative estimate of drug-likeness (QED) is 0.789. The fourth-order valence-electron chi connectivity index (χ4n) is 2.67. The van der Waals surface area contributed by atoms with Gasteiger partial charge in [-0.15, -0.1) is 0 Å². The first-order chi connectivity index (χ1) is 7.75. The van der Waals surface area contributed by atoms with Gasteiger partial charge in [-0.1, -0.05) is 0 Å². The molecule has 3 heteroatoms. The molecule has 0 amide bonds. The highest BCUT2D eigenvalue weighted by molar-refractivity contribution is 5.81. The van der Waals surface area contributed by atoms with Gasteiger partial charge >= 0.3 is 0 Å². The second-order valence-electron chi connectivity index (χ2n) is 4.84. The van der Waals surface area contributed by atoms with Crippen molar-refractivity contribution in [3.63, 3.8) is 0 Å². The lowest BCUT2D eigenvalue weighted by molar-refractivity contribution is 0.268.